The molecule has 3 atom stereocenters. The Balaban J connectivity index is 5.13. The standard InChI is InChI=1S/C75H135N2O7P/c1-7-10-13-16-19-22-25-28-30-32-34-36-37-38-39-41-42-44-46-49-52-55-58-61-64-67-74(78)76-72(71-83-85(80,81)82-70-69-77(4,5)6)73(66-63-60-57-54-51-48-27-24-21-18-15-12-9-3)84-75(79)68-65-62-59-56-53-50-47-45-43-40-35-33-31-29-26-23-20-17-14-11-8-2/h11,14,19-20,22-23,28-31,35,40,45,47,63,66,72-73H,7-10,12-13,15-18,21,24-27,32-34,36-39,41-44,46,48-62,64-65,67-71H2,1-6H3,(H-,76,78,80,81)/p+1/b14-11-,22-19-,23-20-,30-28-,31-29-,40-35-,47-45-,66-63-. The monoisotopic (exact) mass is 1210 g/mol. The molecular weight excluding hydrogens is 1070 g/mol. The molecule has 2 N–H and O–H groups in total. The molecule has 0 fully saturated rings. The number of carbonyl (C=O) groups is 2. The van der Waals surface area contributed by atoms with Gasteiger partial charge in [0.2, 0.25) is 5.91 Å². The molecule has 0 heterocycles. The van der Waals surface area contributed by atoms with Crippen LogP contribution in [0.3, 0.4) is 0 Å². The molecule has 0 bridgehead atoms. The molecule has 0 rings (SSSR count). The molecule has 0 aromatic carbocycles. The van der Waals surface area contributed by atoms with Gasteiger partial charge >= 0.3 is 13.8 Å². The van der Waals surface area contributed by atoms with Gasteiger partial charge < -0.3 is 19.4 Å². The van der Waals surface area contributed by atoms with Crippen molar-refractivity contribution in [2.75, 3.05) is 40.9 Å². The lowest BCUT2D eigenvalue weighted by molar-refractivity contribution is -0.870. The van der Waals surface area contributed by atoms with Crippen molar-refractivity contribution in [3.8, 4) is 0 Å². The van der Waals surface area contributed by atoms with Gasteiger partial charge in [0.1, 0.15) is 19.3 Å². The number of amides is 1. The quantitative estimate of drug-likeness (QED) is 0.0205. The molecule has 85 heavy (non-hydrogen) atoms. The summed E-state index contributed by atoms with van der Waals surface area (Å²) in [5, 5.41) is 3.07. The van der Waals surface area contributed by atoms with Crippen molar-refractivity contribution in [2.24, 2.45) is 0 Å². The number of quaternary nitrogens is 1. The summed E-state index contributed by atoms with van der Waals surface area (Å²) in [4.78, 5) is 37.9. The number of carbonyl (C=O) groups excluding carboxylic acids is 2. The number of nitrogens with zero attached hydrogens (tertiary/aromatic N) is 1. The summed E-state index contributed by atoms with van der Waals surface area (Å²) >= 11 is 0. The number of likely N-dealkylation sites (N-methyl/N-ethyl adjacent to an activating group) is 1. The number of hydrogen-bond acceptors (Lipinski definition) is 6. The first kappa shape index (κ1) is 81.9. The van der Waals surface area contributed by atoms with Crippen LogP contribution in [-0.4, -0.2) is 74.3 Å². The predicted octanol–water partition coefficient (Wildman–Crippen LogP) is 22.7. The summed E-state index contributed by atoms with van der Waals surface area (Å²) in [7, 11) is 1.48. The molecule has 0 aliphatic carbocycles. The van der Waals surface area contributed by atoms with E-state index in [2.05, 4.69) is 111 Å². The first-order valence-corrected chi connectivity index (χ1v) is 37.1. The summed E-state index contributed by atoms with van der Waals surface area (Å²) in [6.07, 6.45) is 87.0. The van der Waals surface area contributed by atoms with Gasteiger partial charge in [0, 0.05) is 12.8 Å². The van der Waals surface area contributed by atoms with Crippen LogP contribution in [0.2, 0.25) is 0 Å². The van der Waals surface area contributed by atoms with Crippen molar-refractivity contribution in [1.29, 1.82) is 0 Å². The lowest BCUT2D eigenvalue weighted by Crippen LogP contribution is -2.47. The minimum Gasteiger partial charge on any atom is -0.456 e. The van der Waals surface area contributed by atoms with Crippen molar-refractivity contribution in [3.05, 3.63) is 97.2 Å². The largest absolute Gasteiger partial charge is 0.472 e. The van der Waals surface area contributed by atoms with Gasteiger partial charge in [-0.15, -0.1) is 0 Å². The second kappa shape index (κ2) is 63.9. The number of allylic oxidation sites excluding steroid dienone is 15. The molecule has 0 spiro atoms. The van der Waals surface area contributed by atoms with Crippen LogP contribution in [0.1, 0.15) is 316 Å². The van der Waals surface area contributed by atoms with E-state index in [4.69, 9.17) is 13.8 Å². The zero-order valence-corrected chi connectivity index (χ0v) is 57.2. The fraction of sp³-hybridized carbons (Fsp3) is 0.760. The Kier molecular flexibility index (Phi) is 61.6. The summed E-state index contributed by atoms with van der Waals surface area (Å²) in [5.41, 5.74) is 0. The summed E-state index contributed by atoms with van der Waals surface area (Å²) in [6, 6.07) is -0.862. The molecule has 0 aromatic heterocycles. The van der Waals surface area contributed by atoms with Gasteiger partial charge in [0.15, 0.2) is 0 Å². The highest BCUT2D eigenvalue weighted by atomic mass is 31.2. The maximum Gasteiger partial charge on any atom is 0.472 e. The first-order chi connectivity index (χ1) is 41.4. The maximum atomic E-state index is 13.6. The fourth-order valence-corrected chi connectivity index (χ4v) is 10.8. The van der Waals surface area contributed by atoms with Crippen LogP contribution in [0.25, 0.3) is 0 Å². The van der Waals surface area contributed by atoms with Crippen molar-refractivity contribution in [2.45, 2.75) is 328 Å². The van der Waals surface area contributed by atoms with Gasteiger partial charge in [-0.05, 0) is 109 Å². The van der Waals surface area contributed by atoms with Crippen LogP contribution < -0.4 is 5.32 Å². The van der Waals surface area contributed by atoms with Gasteiger partial charge in [-0.25, -0.2) is 4.57 Å². The zero-order valence-electron chi connectivity index (χ0n) is 56.3. The Morgan fingerprint density at radius 1 is 0.424 bits per heavy atom. The van der Waals surface area contributed by atoms with Crippen LogP contribution >= 0.6 is 7.82 Å². The van der Waals surface area contributed by atoms with Gasteiger partial charge in [0.05, 0.1) is 33.8 Å². The third kappa shape index (κ3) is 65.2. The number of ether oxygens (including phenoxy) is 1. The first-order valence-electron chi connectivity index (χ1n) is 35.6. The molecule has 492 valence electrons. The Morgan fingerprint density at radius 3 is 1.15 bits per heavy atom. The van der Waals surface area contributed by atoms with Crippen molar-refractivity contribution >= 4 is 19.7 Å². The molecule has 0 aliphatic rings. The maximum absolute atomic E-state index is 13.6. The van der Waals surface area contributed by atoms with Crippen LogP contribution in [0.15, 0.2) is 97.2 Å². The molecule has 9 nitrogen and oxygen atoms in total. The normalized spacial score (nSPS) is 14.1. The fourth-order valence-electron chi connectivity index (χ4n) is 10.1. The number of nitrogens with one attached hydrogen (secondary N) is 1. The van der Waals surface area contributed by atoms with Crippen LogP contribution in [0, 0.1) is 0 Å². The molecule has 1 amide bonds. The highest BCUT2D eigenvalue weighted by molar-refractivity contribution is 7.47. The number of unbranched alkanes of at least 4 members (excludes halogenated alkanes) is 34. The minimum atomic E-state index is -4.46. The summed E-state index contributed by atoms with van der Waals surface area (Å²) < 4.78 is 30.8. The van der Waals surface area contributed by atoms with Crippen LogP contribution in [0.4, 0.5) is 0 Å². The Labute approximate surface area is 526 Å². The molecule has 10 heteroatoms. The molecule has 0 aliphatic heterocycles. The van der Waals surface area contributed by atoms with E-state index in [1.807, 2.05) is 33.3 Å². The highest BCUT2D eigenvalue weighted by Crippen LogP contribution is 2.43. The smallest absolute Gasteiger partial charge is 0.456 e. The predicted molar refractivity (Wildman–Crippen MR) is 369 cm³/mol. The highest BCUT2D eigenvalue weighted by Gasteiger charge is 2.30. The molecule has 0 saturated heterocycles. The van der Waals surface area contributed by atoms with Crippen LogP contribution in [-0.2, 0) is 27.9 Å². The van der Waals surface area contributed by atoms with E-state index in [1.165, 1.54) is 167 Å². The third-order valence-corrected chi connectivity index (χ3v) is 16.5. The average molecular weight is 1210 g/mol. The number of rotatable bonds is 64. The molecule has 0 saturated carbocycles. The van der Waals surface area contributed by atoms with Gasteiger partial charge in [-0.3, -0.25) is 18.6 Å². The molecular formula is C75H136N2O7P+. The Morgan fingerprint density at radius 2 is 0.753 bits per heavy atom. The second-order valence-electron chi connectivity index (χ2n) is 25.0. The SMILES string of the molecule is CC/C=C\C/C=C\C/C=C\C/C=C\C/C=C\CCCCCCCC(=O)OC(/C=C\CCCCCCCCCCCCC)C(COP(=O)(O)OCC[N+](C)(C)C)NC(=O)CCCCCCCCCCCCCCCCC/C=C\C/C=C\CCCCC. The summed E-state index contributed by atoms with van der Waals surface area (Å²) in [6.45, 7) is 6.89. The Hall–Kier alpha value is -3.07. The molecule has 0 radical (unpaired) electrons. The lowest BCUT2D eigenvalue weighted by Gasteiger charge is -2.27. The van der Waals surface area contributed by atoms with Crippen molar-refractivity contribution in [3.63, 3.8) is 0 Å². The number of hydrogen-bond donors (Lipinski definition) is 2. The molecule has 0 aromatic rings. The van der Waals surface area contributed by atoms with Gasteiger partial charge in [-0.2, -0.15) is 0 Å². The zero-order chi connectivity index (χ0) is 62.1. The summed E-state index contributed by atoms with van der Waals surface area (Å²) in [5.74, 6) is -0.522. The number of phosphoric acid groups is 1. The van der Waals surface area contributed by atoms with Gasteiger partial charge in [-0.1, -0.05) is 292 Å². The van der Waals surface area contributed by atoms with E-state index in [0.717, 1.165) is 109 Å². The number of esters is 1. The third-order valence-electron chi connectivity index (χ3n) is 15.5. The van der Waals surface area contributed by atoms with E-state index in [9.17, 15) is 19.0 Å². The van der Waals surface area contributed by atoms with Crippen molar-refractivity contribution in [1.82, 2.24) is 5.32 Å². The minimum absolute atomic E-state index is 0.0337. The molecule has 3 unspecified atom stereocenters. The Bertz CT molecular complexity index is 1780. The average Bonchev–Trinajstić information content (AvgIpc) is 3.48. The number of phosphoric ester groups is 1. The van der Waals surface area contributed by atoms with Crippen molar-refractivity contribution < 1.29 is 37.3 Å². The van der Waals surface area contributed by atoms with Gasteiger partial charge in [0.25, 0.3) is 0 Å². The lowest BCUT2D eigenvalue weighted by atomic mass is 10.0. The van der Waals surface area contributed by atoms with Crippen LogP contribution in [0.5, 0.6) is 0 Å². The van der Waals surface area contributed by atoms with E-state index < -0.39 is 20.0 Å². The topological polar surface area (TPSA) is 111 Å². The van der Waals surface area contributed by atoms with E-state index in [0.29, 0.717) is 23.9 Å². The van der Waals surface area contributed by atoms with E-state index in [-0.39, 0.29) is 31.5 Å². The van der Waals surface area contributed by atoms with E-state index >= 15 is 0 Å². The second-order valence-corrected chi connectivity index (χ2v) is 26.5. The van der Waals surface area contributed by atoms with E-state index in [1.54, 1.807) is 0 Å².